The first-order valence-corrected chi connectivity index (χ1v) is 9.96. The lowest BCUT2D eigenvalue weighted by Crippen LogP contribution is -2.35. The van der Waals surface area contributed by atoms with Crippen LogP contribution in [-0.2, 0) is 15.0 Å². The van der Waals surface area contributed by atoms with Gasteiger partial charge in [-0.05, 0) is 41.8 Å². The van der Waals surface area contributed by atoms with Crippen molar-refractivity contribution in [2.24, 2.45) is 5.92 Å². The summed E-state index contributed by atoms with van der Waals surface area (Å²) in [7, 11) is 1.59. The van der Waals surface area contributed by atoms with Crippen molar-refractivity contribution in [3.8, 4) is 5.75 Å². The van der Waals surface area contributed by atoms with Gasteiger partial charge in [-0.1, -0.05) is 60.7 Å². The number of hydrogen-bond acceptors (Lipinski definition) is 3. The van der Waals surface area contributed by atoms with Gasteiger partial charge in [0.25, 0.3) is 0 Å². The molecule has 2 amide bonds. The smallest absolute Gasteiger partial charge is 0.243 e. The number of methoxy groups -OCH3 is 1. The third-order valence-electron chi connectivity index (χ3n) is 5.65. The van der Waals surface area contributed by atoms with Crippen LogP contribution in [0.2, 0.25) is 0 Å². The standard InChI is InChI=1S/C25H24N2O3/c1-30-21-14-12-20(13-15-21)27-23(28)17-26-24(29)22-16-25(22,18-8-4-2-5-9-18)19-10-6-3-7-11-19/h2-15,22H,16-17H2,1H3,(H,26,29)(H,27,28). The molecule has 1 unspecified atom stereocenters. The number of ether oxygens (including phenoxy) is 1. The van der Waals surface area contributed by atoms with E-state index in [1.165, 1.54) is 0 Å². The molecular formula is C25H24N2O3. The number of amides is 2. The predicted octanol–water partition coefficient (Wildman–Crippen LogP) is 3.76. The van der Waals surface area contributed by atoms with E-state index in [9.17, 15) is 9.59 Å². The zero-order chi connectivity index (χ0) is 21.0. The molecule has 30 heavy (non-hydrogen) atoms. The summed E-state index contributed by atoms with van der Waals surface area (Å²) in [4.78, 5) is 25.2. The molecule has 0 aliphatic heterocycles. The van der Waals surface area contributed by atoms with Crippen molar-refractivity contribution in [2.45, 2.75) is 11.8 Å². The van der Waals surface area contributed by atoms with Crippen LogP contribution < -0.4 is 15.4 Å². The Balaban J connectivity index is 1.41. The van der Waals surface area contributed by atoms with Crippen LogP contribution in [0.4, 0.5) is 5.69 Å². The Bertz CT molecular complexity index is 978. The second kappa shape index (κ2) is 8.41. The molecule has 2 N–H and O–H groups in total. The number of rotatable bonds is 7. The lowest BCUT2D eigenvalue weighted by molar-refractivity contribution is -0.125. The molecule has 4 rings (SSSR count). The summed E-state index contributed by atoms with van der Waals surface area (Å²) in [6.07, 6.45) is 0.729. The normalized spacial score (nSPS) is 16.4. The van der Waals surface area contributed by atoms with E-state index in [4.69, 9.17) is 4.74 Å². The van der Waals surface area contributed by atoms with Gasteiger partial charge in [0.2, 0.25) is 11.8 Å². The van der Waals surface area contributed by atoms with Crippen molar-refractivity contribution < 1.29 is 14.3 Å². The summed E-state index contributed by atoms with van der Waals surface area (Å²) in [5, 5.41) is 5.59. The molecule has 3 aromatic carbocycles. The van der Waals surface area contributed by atoms with Crippen molar-refractivity contribution in [1.29, 1.82) is 0 Å². The fraction of sp³-hybridized carbons (Fsp3) is 0.200. The van der Waals surface area contributed by atoms with Gasteiger partial charge in [0.05, 0.1) is 19.6 Å². The molecular weight excluding hydrogens is 376 g/mol. The molecule has 0 saturated heterocycles. The average molecular weight is 400 g/mol. The van der Waals surface area contributed by atoms with E-state index in [0.29, 0.717) is 11.4 Å². The molecule has 3 aromatic rings. The van der Waals surface area contributed by atoms with Gasteiger partial charge in [0, 0.05) is 11.1 Å². The molecule has 5 heteroatoms. The average Bonchev–Trinajstić information content (AvgIpc) is 3.56. The van der Waals surface area contributed by atoms with E-state index in [1.54, 1.807) is 31.4 Å². The second-order valence-corrected chi connectivity index (χ2v) is 7.45. The van der Waals surface area contributed by atoms with Crippen molar-refractivity contribution in [3.63, 3.8) is 0 Å². The maximum Gasteiger partial charge on any atom is 0.243 e. The summed E-state index contributed by atoms with van der Waals surface area (Å²) in [6.45, 7) is -0.0684. The third-order valence-corrected chi connectivity index (χ3v) is 5.65. The summed E-state index contributed by atoms with van der Waals surface area (Å²) in [5.41, 5.74) is 2.57. The fourth-order valence-corrected chi connectivity index (χ4v) is 4.03. The highest BCUT2D eigenvalue weighted by Crippen LogP contribution is 2.58. The molecule has 0 bridgehead atoms. The van der Waals surface area contributed by atoms with Gasteiger partial charge >= 0.3 is 0 Å². The van der Waals surface area contributed by atoms with Gasteiger partial charge in [-0.15, -0.1) is 0 Å². The SMILES string of the molecule is COc1ccc(NC(=O)CNC(=O)C2CC2(c2ccccc2)c2ccccc2)cc1. The number of nitrogens with one attached hydrogen (secondary N) is 2. The van der Waals surface area contributed by atoms with Crippen LogP contribution in [0.15, 0.2) is 84.9 Å². The summed E-state index contributed by atoms with van der Waals surface area (Å²) < 4.78 is 5.11. The van der Waals surface area contributed by atoms with Crippen LogP contribution >= 0.6 is 0 Å². The van der Waals surface area contributed by atoms with E-state index < -0.39 is 0 Å². The Labute approximate surface area is 176 Å². The molecule has 0 aromatic heterocycles. The number of benzene rings is 3. The highest BCUT2D eigenvalue weighted by Gasteiger charge is 2.60. The zero-order valence-corrected chi connectivity index (χ0v) is 16.8. The Morgan fingerprint density at radius 3 is 2.00 bits per heavy atom. The van der Waals surface area contributed by atoms with Crippen molar-refractivity contribution >= 4 is 17.5 Å². The van der Waals surface area contributed by atoms with Crippen LogP contribution in [0.3, 0.4) is 0 Å². The van der Waals surface area contributed by atoms with Crippen LogP contribution in [0, 0.1) is 5.92 Å². The minimum atomic E-state index is -0.334. The van der Waals surface area contributed by atoms with Crippen LogP contribution in [0.25, 0.3) is 0 Å². The molecule has 0 spiro atoms. The van der Waals surface area contributed by atoms with Crippen LogP contribution in [0.5, 0.6) is 5.75 Å². The van der Waals surface area contributed by atoms with E-state index in [-0.39, 0.29) is 29.7 Å². The quantitative estimate of drug-likeness (QED) is 0.635. The molecule has 1 fully saturated rings. The topological polar surface area (TPSA) is 67.4 Å². The second-order valence-electron chi connectivity index (χ2n) is 7.45. The highest BCUT2D eigenvalue weighted by molar-refractivity contribution is 5.96. The Hall–Kier alpha value is -3.60. The van der Waals surface area contributed by atoms with Crippen molar-refractivity contribution in [2.75, 3.05) is 19.0 Å². The lowest BCUT2D eigenvalue weighted by atomic mass is 9.85. The van der Waals surface area contributed by atoms with Crippen molar-refractivity contribution in [1.82, 2.24) is 5.32 Å². The molecule has 1 saturated carbocycles. The molecule has 5 nitrogen and oxygen atoms in total. The van der Waals surface area contributed by atoms with Crippen LogP contribution in [-0.4, -0.2) is 25.5 Å². The van der Waals surface area contributed by atoms with Gasteiger partial charge in [0.1, 0.15) is 5.75 Å². The van der Waals surface area contributed by atoms with E-state index in [0.717, 1.165) is 17.5 Å². The monoisotopic (exact) mass is 400 g/mol. The van der Waals surface area contributed by atoms with Gasteiger partial charge in [-0.25, -0.2) is 0 Å². The van der Waals surface area contributed by atoms with Crippen LogP contribution in [0.1, 0.15) is 17.5 Å². The van der Waals surface area contributed by atoms with Gasteiger partial charge in [-0.3, -0.25) is 9.59 Å². The molecule has 1 aliphatic carbocycles. The fourth-order valence-electron chi connectivity index (χ4n) is 4.03. The molecule has 1 aliphatic rings. The Kier molecular flexibility index (Phi) is 5.53. The molecule has 0 heterocycles. The van der Waals surface area contributed by atoms with Gasteiger partial charge in [0.15, 0.2) is 0 Å². The molecule has 0 radical (unpaired) electrons. The van der Waals surface area contributed by atoms with E-state index in [1.807, 2.05) is 36.4 Å². The largest absolute Gasteiger partial charge is 0.497 e. The first-order valence-electron chi connectivity index (χ1n) is 9.96. The minimum absolute atomic E-state index is 0.0684. The Morgan fingerprint density at radius 1 is 0.900 bits per heavy atom. The van der Waals surface area contributed by atoms with E-state index in [2.05, 4.69) is 34.9 Å². The molecule has 1 atom stereocenters. The maximum absolute atomic E-state index is 12.9. The zero-order valence-electron chi connectivity index (χ0n) is 16.8. The van der Waals surface area contributed by atoms with Gasteiger partial charge < -0.3 is 15.4 Å². The van der Waals surface area contributed by atoms with Crippen molar-refractivity contribution in [3.05, 3.63) is 96.1 Å². The number of hydrogen-bond donors (Lipinski definition) is 2. The number of carbonyl (C=O) groups excluding carboxylic acids is 2. The van der Waals surface area contributed by atoms with Gasteiger partial charge in [-0.2, -0.15) is 0 Å². The first-order chi connectivity index (χ1) is 14.6. The maximum atomic E-state index is 12.9. The first kappa shape index (κ1) is 19.7. The summed E-state index contributed by atoms with van der Waals surface area (Å²) in [5.74, 6) is 0.149. The summed E-state index contributed by atoms with van der Waals surface area (Å²) in [6, 6.07) is 27.3. The third kappa shape index (κ3) is 3.92. The highest BCUT2D eigenvalue weighted by atomic mass is 16.5. The summed E-state index contributed by atoms with van der Waals surface area (Å²) >= 11 is 0. The Morgan fingerprint density at radius 2 is 1.47 bits per heavy atom. The number of carbonyl (C=O) groups is 2. The minimum Gasteiger partial charge on any atom is -0.497 e. The molecule has 152 valence electrons. The lowest BCUT2D eigenvalue weighted by Gasteiger charge is -2.19. The predicted molar refractivity (Wildman–Crippen MR) is 116 cm³/mol. The van der Waals surface area contributed by atoms with E-state index >= 15 is 0 Å². The number of anilines is 1.